The van der Waals surface area contributed by atoms with E-state index >= 15 is 0 Å². The molecule has 2 rings (SSSR count). The van der Waals surface area contributed by atoms with Crippen molar-refractivity contribution in [1.29, 1.82) is 0 Å². The van der Waals surface area contributed by atoms with Crippen molar-refractivity contribution in [1.82, 2.24) is 0 Å². The average Bonchev–Trinajstić information content (AvgIpc) is 2.61. The molecule has 1 fully saturated rings. The lowest BCUT2D eigenvalue weighted by Crippen LogP contribution is -2.26. The molecule has 20 heavy (non-hydrogen) atoms. The number of sulfonamides is 1. The minimum absolute atomic E-state index is 0.0350. The van der Waals surface area contributed by atoms with Crippen LogP contribution < -0.4 is 4.31 Å². The van der Waals surface area contributed by atoms with E-state index < -0.39 is 22.0 Å². The van der Waals surface area contributed by atoms with E-state index in [1.54, 1.807) is 6.92 Å². The Hall–Kier alpha value is -2.09. The maximum absolute atomic E-state index is 12.0. The summed E-state index contributed by atoms with van der Waals surface area (Å²) in [7, 11) is -3.53. The van der Waals surface area contributed by atoms with Crippen LogP contribution in [0.3, 0.4) is 0 Å². The molecular weight excluding hydrogens is 286 g/mol. The Morgan fingerprint density at radius 1 is 1.15 bits per heavy atom. The van der Waals surface area contributed by atoms with Crippen LogP contribution in [0.1, 0.15) is 27.6 Å². The molecular formula is C12H13NO6S. The monoisotopic (exact) mass is 299 g/mol. The van der Waals surface area contributed by atoms with E-state index in [0.717, 1.165) is 10.4 Å². The average molecular weight is 299 g/mol. The van der Waals surface area contributed by atoms with Gasteiger partial charge in [0.15, 0.2) is 0 Å². The van der Waals surface area contributed by atoms with Crippen LogP contribution in [0.15, 0.2) is 18.2 Å². The van der Waals surface area contributed by atoms with Crippen LogP contribution in [0.4, 0.5) is 5.69 Å². The van der Waals surface area contributed by atoms with Gasteiger partial charge in [0, 0.05) is 6.54 Å². The van der Waals surface area contributed by atoms with E-state index in [0.29, 0.717) is 0 Å². The van der Waals surface area contributed by atoms with E-state index in [9.17, 15) is 18.0 Å². The molecule has 8 heteroatoms. The standard InChI is InChI=1S/C12H13NO6S/c1-7-5-13(20(18,19)6-7)10-3-8(11(14)15)2-9(4-10)12(16)17/h2-4,7H,5-6H2,1H3,(H,14,15)(H,16,17). The molecule has 0 saturated carbocycles. The summed E-state index contributed by atoms with van der Waals surface area (Å²) in [6.07, 6.45) is 0. The number of aromatic carboxylic acids is 2. The summed E-state index contributed by atoms with van der Waals surface area (Å²) in [5, 5.41) is 18.0. The molecule has 1 unspecified atom stereocenters. The summed E-state index contributed by atoms with van der Waals surface area (Å²) >= 11 is 0. The number of hydrogen-bond acceptors (Lipinski definition) is 4. The molecule has 0 aliphatic carbocycles. The van der Waals surface area contributed by atoms with Gasteiger partial charge in [0.2, 0.25) is 10.0 Å². The van der Waals surface area contributed by atoms with Crippen LogP contribution in [0, 0.1) is 5.92 Å². The Morgan fingerprint density at radius 2 is 1.65 bits per heavy atom. The number of hydrogen-bond donors (Lipinski definition) is 2. The predicted octanol–water partition coefficient (Wildman–Crippen LogP) is 0.869. The molecule has 0 spiro atoms. The first-order valence-corrected chi connectivity index (χ1v) is 7.43. The molecule has 108 valence electrons. The largest absolute Gasteiger partial charge is 0.478 e. The Bertz CT molecular complexity index is 649. The first kappa shape index (κ1) is 14.3. The topological polar surface area (TPSA) is 112 Å². The van der Waals surface area contributed by atoms with Crippen LogP contribution in [-0.4, -0.2) is 42.9 Å². The molecule has 0 radical (unpaired) electrons. The second-order valence-corrected chi connectivity index (χ2v) is 6.73. The Balaban J connectivity index is 2.57. The Kier molecular flexibility index (Phi) is 3.43. The minimum Gasteiger partial charge on any atom is -0.478 e. The van der Waals surface area contributed by atoms with E-state index in [4.69, 9.17) is 10.2 Å². The van der Waals surface area contributed by atoms with Gasteiger partial charge in [-0.3, -0.25) is 4.31 Å². The van der Waals surface area contributed by atoms with Crippen molar-refractivity contribution in [3.05, 3.63) is 29.3 Å². The van der Waals surface area contributed by atoms with Crippen LogP contribution in [0.2, 0.25) is 0 Å². The van der Waals surface area contributed by atoms with Gasteiger partial charge < -0.3 is 10.2 Å². The van der Waals surface area contributed by atoms with Crippen molar-refractivity contribution in [2.75, 3.05) is 16.6 Å². The minimum atomic E-state index is -3.53. The fraction of sp³-hybridized carbons (Fsp3) is 0.333. The third-order valence-electron chi connectivity index (χ3n) is 3.01. The normalized spacial score (nSPS) is 20.9. The van der Waals surface area contributed by atoms with Crippen LogP contribution in [-0.2, 0) is 10.0 Å². The highest BCUT2D eigenvalue weighted by atomic mass is 32.2. The molecule has 1 atom stereocenters. The van der Waals surface area contributed by atoms with Crippen molar-refractivity contribution in [3.63, 3.8) is 0 Å². The van der Waals surface area contributed by atoms with Gasteiger partial charge in [-0.15, -0.1) is 0 Å². The molecule has 0 amide bonds. The summed E-state index contributed by atoms with van der Waals surface area (Å²) in [6, 6.07) is 3.34. The molecule has 2 N–H and O–H groups in total. The van der Waals surface area contributed by atoms with Gasteiger partial charge in [-0.05, 0) is 24.1 Å². The summed E-state index contributed by atoms with van der Waals surface area (Å²) in [6.45, 7) is 1.97. The van der Waals surface area contributed by atoms with E-state index in [-0.39, 0.29) is 35.0 Å². The van der Waals surface area contributed by atoms with Crippen molar-refractivity contribution in [2.45, 2.75) is 6.92 Å². The zero-order valence-electron chi connectivity index (χ0n) is 10.6. The van der Waals surface area contributed by atoms with E-state index in [1.807, 2.05) is 0 Å². The number of rotatable bonds is 3. The lowest BCUT2D eigenvalue weighted by Gasteiger charge is -2.18. The van der Waals surface area contributed by atoms with Crippen LogP contribution >= 0.6 is 0 Å². The molecule has 7 nitrogen and oxygen atoms in total. The highest BCUT2D eigenvalue weighted by Crippen LogP contribution is 2.28. The van der Waals surface area contributed by atoms with Crippen molar-refractivity contribution < 1.29 is 28.2 Å². The second kappa shape index (κ2) is 4.78. The maximum atomic E-state index is 12.0. The zero-order chi connectivity index (χ0) is 15.1. The highest BCUT2D eigenvalue weighted by molar-refractivity contribution is 7.93. The van der Waals surface area contributed by atoms with Gasteiger partial charge in [-0.2, -0.15) is 0 Å². The van der Waals surface area contributed by atoms with E-state index in [1.165, 1.54) is 12.1 Å². The fourth-order valence-corrected chi connectivity index (χ4v) is 4.08. The Morgan fingerprint density at radius 3 is 2.00 bits per heavy atom. The number of carboxylic acid groups (broad SMARTS) is 2. The fourth-order valence-electron chi connectivity index (χ4n) is 2.17. The number of carboxylic acids is 2. The van der Waals surface area contributed by atoms with Crippen LogP contribution in [0.5, 0.6) is 0 Å². The zero-order valence-corrected chi connectivity index (χ0v) is 11.4. The van der Waals surface area contributed by atoms with Gasteiger partial charge in [-0.1, -0.05) is 6.92 Å². The SMILES string of the molecule is CC1CN(c2cc(C(=O)O)cc(C(=O)O)c2)S(=O)(=O)C1. The third-order valence-corrected chi connectivity index (χ3v) is 5.03. The lowest BCUT2D eigenvalue weighted by molar-refractivity contribution is 0.0696. The molecule has 1 aliphatic heterocycles. The summed E-state index contributed by atoms with van der Waals surface area (Å²) in [5.74, 6) is -2.74. The van der Waals surface area contributed by atoms with Crippen molar-refractivity contribution >= 4 is 27.6 Å². The quantitative estimate of drug-likeness (QED) is 0.856. The smallest absolute Gasteiger partial charge is 0.335 e. The first-order chi connectivity index (χ1) is 9.20. The summed E-state index contributed by atoms with van der Waals surface area (Å²) in [5.41, 5.74) is -0.434. The number of anilines is 1. The van der Waals surface area contributed by atoms with Crippen molar-refractivity contribution in [3.8, 4) is 0 Å². The Labute approximate surface area is 115 Å². The molecule has 1 aromatic carbocycles. The van der Waals surface area contributed by atoms with Gasteiger partial charge >= 0.3 is 11.9 Å². The van der Waals surface area contributed by atoms with Gasteiger partial charge in [0.25, 0.3) is 0 Å². The second-order valence-electron chi connectivity index (χ2n) is 4.79. The number of benzene rings is 1. The van der Waals surface area contributed by atoms with Gasteiger partial charge in [0.05, 0.1) is 22.6 Å². The summed E-state index contributed by atoms with van der Waals surface area (Å²) in [4.78, 5) is 22.0. The third kappa shape index (κ3) is 2.60. The molecule has 0 bridgehead atoms. The number of carbonyl (C=O) groups is 2. The first-order valence-electron chi connectivity index (χ1n) is 5.83. The molecule has 1 aromatic rings. The maximum Gasteiger partial charge on any atom is 0.335 e. The lowest BCUT2D eigenvalue weighted by atomic mass is 10.1. The molecule has 0 aromatic heterocycles. The molecule has 1 aliphatic rings. The van der Waals surface area contributed by atoms with Crippen LogP contribution in [0.25, 0.3) is 0 Å². The van der Waals surface area contributed by atoms with E-state index in [2.05, 4.69) is 0 Å². The molecule has 1 heterocycles. The highest BCUT2D eigenvalue weighted by Gasteiger charge is 2.34. The van der Waals surface area contributed by atoms with Gasteiger partial charge in [0.1, 0.15) is 0 Å². The predicted molar refractivity (Wildman–Crippen MR) is 70.7 cm³/mol. The van der Waals surface area contributed by atoms with Crippen molar-refractivity contribution in [2.24, 2.45) is 5.92 Å². The number of nitrogens with zero attached hydrogens (tertiary/aromatic N) is 1. The summed E-state index contributed by atoms with van der Waals surface area (Å²) < 4.78 is 25.0. The molecule has 1 saturated heterocycles. The van der Waals surface area contributed by atoms with Gasteiger partial charge in [-0.25, -0.2) is 18.0 Å².